The molecule has 0 heterocycles. The molecule has 2 N–H and O–H groups in total. The SMILES string of the molecule is CCc1cc(Br)c(OCc2ccc(N)cc2)c(C(C)(C)C)c1. The Labute approximate surface area is 141 Å². The molecule has 2 aromatic rings. The van der Waals surface area contributed by atoms with Gasteiger partial charge in [-0.05, 0) is 57.1 Å². The predicted molar refractivity (Wildman–Crippen MR) is 97.4 cm³/mol. The van der Waals surface area contributed by atoms with Gasteiger partial charge in [0.05, 0.1) is 4.47 Å². The molecule has 0 fully saturated rings. The molecule has 2 aromatic carbocycles. The van der Waals surface area contributed by atoms with Crippen molar-refractivity contribution in [1.29, 1.82) is 0 Å². The van der Waals surface area contributed by atoms with Crippen molar-refractivity contribution in [3.05, 3.63) is 57.6 Å². The molecule has 0 aliphatic heterocycles. The van der Waals surface area contributed by atoms with E-state index in [0.29, 0.717) is 6.61 Å². The summed E-state index contributed by atoms with van der Waals surface area (Å²) in [6, 6.07) is 12.2. The van der Waals surface area contributed by atoms with Gasteiger partial charge >= 0.3 is 0 Å². The van der Waals surface area contributed by atoms with E-state index in [1.807, 2.05) is 24.3 Å². The number of halogens is 1. The van der Waals surface area contributed by atoms with Crippen molar-refractivity contribution in [1.82, 2.24) is 0 Å². The molecule has 0 atom stereocenters. The number of anilines is 1. The molecule has 0 aromatic heterocycles. The molecule has 0 unspecified atom stereocenters. The summed E-state index contributed by atoms with van der Waals surface area (Å²) in [5.74, 6) is 0.932. The van der Waals surface area contributed by atoms with Crippen LogP contribution in [0.15, 0.2) is 40.9 Å². The van der Waals surface area contributed by atoms with Crippen LogP contribution in [0.4, 0.5) is 5.69 Å². The fourth-order valence-electron chi connectivity index (χ4n) is 2.33. The molecule has 0 amide bonds. The first-order valence-electron chi connectivity index (χ1n) is 7.61. The fourth-order valence-corrected chi connectivity index (χ4v) is 2.95. The van der Waals surface area contributed by atoms with E-state index in [1.165, 1.54) is 11.1 Å². The van der Waals surface area contributed by atoms with E-state index in [-0.39, 0.29) is 5.41 Å². The Balaban J connectivity index is 2.31. The quantitative estimate of drug-likeness (QED) is 0.732. The average Bonchev–Trinajstić information content (AvgIpc) is 2.46. The van der Waals surface area contributed by atoms with Crippen molar-refractivity contribution in [3.63, 3.8) is 0 Å². The van der Waals surface area contributed by atoms with Gasteiger partial charge < -0.3 is 10.5 Å². The van der Waals surface area contributed by atoms with E-state index in [2.05, 4.69) is 55.8 Å². The molecule has 118 valence electrons. The second-order valence-corrected chi connectivity index (χ2v) is 7.44. The van der Waals surface area contributed by atoms with Crippen molar-refractivity contribution in [2.75, 3.05) is 5.73 Å². The zero-order chi connectivity index (χ0) is 16.3. The predicted octanol–water partition coefficient (Wildman–Crippen LogP) is 5.47. The summed E-state index contributed by atoms with van der Waals surface area (Å²) >= 11 is 3.67. The summed E-state index contributed by atoms with van der Waals surface area (Å²) < 4.78 is 7.15. The Morgan fingerprint density at radius 2 is 1.68 bits per heavy atom. The van der Waals surface area contributed by atoms with Gasteiger partial charge in [0.2, 0.25) is 0 Å². The summed E-state index contributed by atoms with van der Waals surface area (Å²) in [5.41, 5.74) is 10.2. The van der Waals surface area contributed by atoms with Crippen molar-refractivity contribution < 1.29 is 4.74 Å². The third-order valence-corrected chi connectivity index (χ3v) is 4.27. The maximum absolute atomic E-state index is 6.13. The van der Waals surface area contributed by atoms with Gasteiger partial charge in [0.1, 0.15) is 12.4 Å². The monoisotopic (exact) mass is 361 g/mol. The van der Waals surface area contributed by atoms with Crippen LogP contribution in [0.5, 0.6) is 5.75 Å². The molecule has 22 heavy (non-hydrogen) atoms. The molecule has 0 saturated heterocycles. The van der Waals surface area contributed by atoms with Crippen LogP contribution in [0.1, 0.15) is 44.4 Å². The number of ether oxygens (including phenoxy) is 1. The highest BCUT2D eigenvalue weighted by molar-refractivity contribution is 9.10. The molecule has 0 aliphatic rings. The van der Waals surface area contributed by atoms with Crippen LogP contribution < -0.4 is 10.5 Å². The van der Waals surface area contributed by atoms with E-state index in [1.54, 1.807) is 0 Å². The standard InChI is InChI=1S/C19H24BrNO/c1-5-13-10-16(19(2,3)4)18(17(20)11-13)22-12-14-6-8-15(21)9-7-14/h6-11H,5,12,21H2,1-4H3. The van der Waals surface area contributed by atoms with Crippen LogP contribution in [0.3, 0.4) is 0 Å². The lowest BCUT2D eigenvalue weighted by molar-refractivity contribution is 0.295. The van der Waals surface area contributed by atoms with E-state index < -0.39 is 0 Å². The molecule has 0 spiro atoms. The number of aryl methyl sites for hydroxylation is 1. The zero-order valence-electron chi connectivity index (χ0n) is 13.7. The van der Waals surface area contributed by atoms with Crippen LogP contribution in [0.25, 0.3) is 0 Å². The molecule has 0 radical (unpaired) electrons. The highest BCUT2D eigenvalue weighted by Crippen LogP contribution is 2.38. The number of nitrogens with two attached hydrogens (primary N) is 1. The molecular formula is C19H24BrNO. The first-order chi connectivity index (χ1) is 10.3. The first-order valence-corrected chi connectivity index (χ1v) is 8.40. The highest BCUT2D eigenvalue weighted by atomic mass is 79.9. The Hall–Kier alpha value is -1.48. The van der Waals surface area contributed by atoms with Crippen LogP contribution in [-0.4, -0.2) is 0 Å². The van der Waals surface area contributed by atoms with E-state index in [4.69, 9.17) is 10.5 Å². The largest absolute Gasteiger partial charge is 0.487 e. The summed E-state index contributed by atoms with van der Waals surface area (Å²) in [7, 11) is 0. The minimum atomic E-state index is 0.0319. The van der Waals surface area contributed by atoms with Gasteiger partial charge in [-0.3, -0.25) is 0 Å². The smallest absolute Gasteiger partial charge is 0.137 e. The topological polar surface area (TPSA) is 35.2 Å². The molecular weight excluding hydrogens is 338 g/mol. The summed E-state index contributed by atoms with van der Waals surface area (Å²) in [4.78, 5) is 0. The van der Waals surface area contributed by atoms with Gasteiger partial charge in [-0.2, -0.15) is 0 Å². The Kier molecular flexibility index (Phi) is 5.17. The van der Waals surface area contributed by atoms with Crippen molar-refractivity contribution in [2.24, 2.45) is 0 Å². The van der Waals surface area contributed by atoms with Crippen LogP contribution in [0, 0.1) is 0 Å². The van der Waals surface area contributed by atoms with Crippen molar-refractivity contribution >= 4 is 21.6 Å². The van der Waals surface area contributed by atoms with Gasteiger partial charge in [0, 0.05) is 11.3 Å². The summed E-state index contributed by atoms with van der Waals surface area (Å²) in [6.45, 7) is 9.34. The number of hydrogen-bond donors (Lipinski definition) is 1. The van der Waals surface area contributed by atoms with Gasteiger partial charge in [-0.25, -0.2) is 0 Å². The lowest BCUT2D eigenvalue weighted by Crippen LogP contribution is -2.14. The van der Waals surface area contributed by atoms with Gasteiger partial charge in [0.15, 0.2) is 0 Å². The third-order valence-electron chi connectivity index (χ3n) is 3.68. The lowest BCUT2D eigenvalue weighted by atomic mass is 9.85. The summed E-state index contributed by atoms with van der Waals surface area (Å²) in [6.07, 6.45) is 1.01. The maximum atomic E-state index is 6.13. The molecule has 3 heteroatoms. The van der Waals surface area contributed by atoms with Gasteiger partial charge in [0.25, 0.3) is 0 Å². The van der Waals surface area contributed by atoms with Crippen molar-refractivity contribution in [3.8, 4) is 5.75 Å². The third kappa shape index (κ3) is 4.04. The van der Waals surface area contributed by atoms with Crippen LogP contribution in [0.2, 0.25) is 0 Å². The number of hydrogen-bond acceptors (Lipinski definition) is 2. The van der Waals surface area contributed by atoms with E-state index >= 15 is 0 Å². The highest BCUT2D eigenvalue weighted by Gasteiger charge is 2.22. The minimum absolute atomic E-state index is 0.0319. The van der Waals surface area contributed by atoms with E-state index in [0.717, 1.165) is 27.9 Å². The zero-order valence-corrected chi connectivity index (χ0v) is 15.3. The van der Waals surface area contributed by atoms with Crippen LogP contribution in [-0.2, 0) is 18.4 Å². The molecule has 0 saturated carbocycles. The Morgan fingerprint density at radius 1 is 1.05 bits per heavy atom. The maximum Gasteiger partial charge on any atom is 0.137 e. The van der Waals surface area contributed by atoms with Gasteiger partial charge in [-0.1, -0.05) is 45.9 Å². The molecule has 0 aliphatic carbocycles. The fraction of sp³-hybridized carbons (Fsp3) is 0.368. The minimum Gasteiger partial charge on any atom is -0.487 e. The first kappa shape index (κ1) is 16.9. The van der Waals surface area contributed by atoms with Crippen LogP contribution >= 0.6 is 15.9 Å². The molecule has 0 bridgehead atoms. The lowest BCUT2D eigenvalue weighted by Gasteiger charge is -2.25. The second-order valence-electron chi connectivity index (χ2n) is 6.59. The second kappa shape index (κ2) is 6.74. The molecule has 2 rings (SSSR count). The summed E-state index contributed by atoms with van der Waals surface area (Å²) in [5, 5.41) is 0. The molecule has 2 nitrogen and oxygen atoms in total. The number of rotatable bonds is 4. The van der Waals surface area contributed by atoms with Crippen molar-refractivity contribution in [2.45, 2.75) is 46.1 Å². The Morgan fingerprint density at radius 3 is 2.23 bits per heavy atom. The van der Waals surface area contributed by atoms with E-state index in [9.17, 15) is 0 Å². The van der Waals surface area contributed by atoms with Gasteiger partial charge in [-0.15, -0.1) is 0 Å². The number of benzene rings is 2. The normalized spacial score (nSPS) is 11.5. The Bertz CT molecular complexity index is 642. The average molecular weight is 362 g/mol. The number of nitrogen functional groups attached to an aromatic ring is 1.